The van der Waals surface area contributed by atoms with Gasteiger partial charge in [0.25, 0.3) is 6.43 Å². The van der Waals surface area contributed by atoms with Crippen LogP contribution in [-0.4, -0.2) is 29.7 Å². The van der Waals surface area contributed by atoms with Crippen molar-refractivity contribution in [3.63, 3.8) is 0 Å². The highest BCUT2D eigenvalue weighted by molar-refractivity contribution is 5.75. The molecule has 80 valence electrons. The maximum absolute atomic E-state index is 12.7. The van der Waals surface area contributed by atoms with E-state index in [1.165, 1.54) is 0 Å². The number of fused-ring (bicyclic) bond motifs is 3. The van der Waals surface area contributed by atoms with Gasteiger partial charge in [-0.2, -0.15) is 0 Å². The van der Waals surface area contributed by atoms with E-state index in [0.29, 0.717) is 12.8 Å². The molecular weight excluding hydrogens is 194 g/mol. The van der Waals surface area contributed by atoms with Crippen molar-refractivity contribution in [1.82, 2.24) is 0 Å². The van der Waals surface area contributed by atoms with Gasteiger partial charge in [-0.15, -0.1) is 0 Å². The van der Waals surface area contributed by atoms with Crippen molar-refractivity contribution in [2.75, 3.05) is 6.61 Å². The van der Waals surface area contributed by atoms with Crippen molar-refractivity contribution in [2.24, 2.45) is 5.41 Å². The lowest BCUT2D eigenvalue weighted by Gasteiger charge is -2.50. The van der Waals surface area contributed by atoms with Gasteiger partial charge >= 0.3 is 5.97 Å². The van der Waals surface area contributed by atoms with E-state index in [-0.39, 0.29) is 19.4 Å². The van der Waals surface area contributed by atoms with Crippen LogP contribution in [0.1, 0.15) is 25.7 Å². The second kappa shape index (κ2) is 2.89. The van der Waals surface area contributed by atoms with Crippen molar-refractivity contribution in [3.8, 4) is 0 Å². The molecule has 1 aliphatic carbocycles. The number of aliphatic carboxylic acids is 1. The zero-order valence-electron chi connectivity index (χ0n) is 7.63. The Labute approximate surface area is 80.0 Å². The van der Waals surface area contributed by atoms with Crippen LogP contribution in [0.5, 0.6) is 0 Å². The number of hydrogen-bond acceptors (Lipinski definition) is 2. The van der Waals surface area contributed by atoms with E-state index in [4.69, 9.17) is 9.84 Å². The first-order valence-corrected chi connectivity index (χ1v) is 4.66. The Morgan fingerprint density at radius 1 is 1.29 bits per heavy atom. The Hall–Kier alpha value is -0.710. The Kier molecular flexibility index (Phi) is 2.03. The molecule has 3 fully saturated rings. The highest BCUT2D eigenvalue weighted by Crippen LogP contribution is 2.51. The number of halogens is 2. The summed E-state index contributed by atoms with van der Waals surface area (Å²) in [4.78, 5) is 10.9. The van der Waals surface area contributed by atoms with Crippen LogP contribution in [0.3, 0.4) is 0 Å². The van der Waals surface area contributed by atoms with Crippen LogP contribution in [0.2, 0.25) is 0 Å². The van der Waals surface area contributed by atoms with E-state index in [9.17, 15) is 13.6 Å². The third kappa shape index (κ3) is 1.15. The molecule has 2 aliphatic heterocycles. The maximum Gasteiger partial charge on any atom is 0.311 e. The van der Waals surface area contributed by atoms with Crippen LogP contribution in [-0.2, 0) is 9.53 Å². The molecule has 0 spiro atoms. The van der Waals surface area contributed by atoms with E-state index in [1.807, 2.05) is 0 Å². The summed E-state index contributed by atoms with van der Waals surface area (Å²) < 4.78 is 30.4. The number of carboxylic acid groups (broad SMARTS) is 1. The summed E-state index contributed by atoms with van der Waals surface area (Å²) in [5, 5.41) is 8.97. The van der Waals surface area contributed by atoms with Crippen LogP contribution in [0.25, 0.3) is 0 Å². The molecule has 3 aliphatic rings. The van der Waals surface area contributed by atoms with Gasteiger partial charge in [-0.1, -0.05) is 0 Å². The highest BCUT2D eigenvalue weighted by atomic mass is 19.3. The van der Waals surface area contributed by atoms with Gasteiger partial charge in [-0.3, -0.25) is 4.79 Å². The lowest BCUT2D eigenvalue weighted by Crippen LogP contribution is -2.57. The third-order valence-electron chi connectivity index (χ3n) is 3.54. The van der Waals surface area contributed by atoms with Crippen LogP contribution < -0.4 is 0 Å². The summed E-state index contributed by atoms with van der Waals surface area (Å²) in [5.74, 6) is -0.917. The predicted octanol–water partition coefficient (Wildman–Crippen LogP) is 1.67. The Morgan fingerprint density at radius 3 is 2.14 bits per heavy atom. The average Bonchev–Trinajstić information content (AvgIpc) is 2.20. The second-order valence-electron chi connectivity index (χ2n) is 4.24. The molecule has 2 saturated heterocycles. The standard InChI is InChI=1S/C9H12F2O3/c10-6(11)9-3-1-8(2-4-9,5-14-9)7(12)13/h6H,1-5H2,(H,12,13). The average molecular weight is 206 g/mol. The highest BCUT2D eigenvalue weighted by Gasteiger charge is 2.57. The van der Waals surface area contributed by atoms with Gasteiger partial charge < -0.3 is 9.84 Å². The number of ether oxygens (including phenoxy) is 1. The molecule has 0 aromatic rings. The minimum Gasteiger partial charge on any atom is -0.481 e. The zero-order valence-corrected chi connectivity index (χ0v) is 7.63. The van der Waals surface area contributed by atoms with Gasteiger partial charge in [0, 0.05) is 0 Å². The minimum absolute atomic E-state index is 0.0628. The van der Waals surface area contributed by atoms with Crippen LogP contribution in [0, 0.1) is 5.41 Å². The number of rotatable bonds is 2. The van der Waals surface area contributed by atoms with Crippen LogP contribution >= 0.6 is 0 Å². The van der Waals surface area contributed by atoms with Gasteiger partial charge in [0.1, 0.15) is 5.60 Å². The van der Waals surface area contributed by atoms with E-state index >= 15 is 0 Å². The van der Waals surface area contributed by atoms with Crippen LogP contribution in [0.15, 0.2) is 0 Å². The Bertz CT molecular complexity index is 240. The fourth-order valence-electron chi connectivity index (χ4n) is 2.28. The maximum atomic E-state index is 12.7. The summed E-state index contributed by atoms with van der Waals surface area (Å²) in [6, 6.07) is 0. The fourth-order valence-corrected chi connectivity index (χ4v) is 2.28. The summed E-state index contributed by atoms with van der Waals surface area (Å²) >= 11 is 0. The first-order valence-electron chi connectivity index (χ1n) is 4.66. The summed E-state index contributed by atoms with van der Waals surface area (Å²) in [7, 11) is 0. The molecule has 14 heavy (non-hydrogen) atoms. The molecule has 0 unspecified atom stereocenters. The summed E-state index contributed by atoms with van der Waals surface area (Å²) in [6.45, 7) is -0.0628. The van der Waals surface area contributed by atoms with E-state index in [2.05, 4.69) is 0 Å². The Balaban J connectivity index is 2.17. The van der Waals surface area contributed by atoms with Gasteiger partial charge in [-0.25, -0.2) is 8.78 Å². The quantitative estimate of drug-likeness (QED) is 0.747. The molecule has 0 aromatic carbocycles. The molecule has 0 radical (unpaired) electrons. The third-order valence-corrected chi connectivity index (χ3v) is 3.54. The van der Waals surface area contributed by atoms with E-state index in [1.54, 1.807) is 0 Å². The minimum atomic E-state index is -2.51. The van der Waals surface area contributed by atoms with Crippen LogP contribution in [0.4, 0.5) is 8.78 Å². The van der Waals surface area contributed by atoms with Crippen molar-refractivity contribution >= 4 is 5.97 Å². The first-order chi connectivity index (χ1) is 6.51. The van der Waals surface area contributed by atoms with Gasteiger partial charge in [-0.05, 0) is 25.7 Å². The predicted molar refractivity (Wildman–Crippen MR) is 43.2 cm³/mol. The molecule has 3 rings (SSSR count). The summed E-state index contributed by atoms with van der Waals surface area (Å²) in [6.07, 6.45) is -1.55. The number of hydrogen-bond donors (Lipinski definition) is 1. The monoisotopic (exact) mass is 206 g/mol. The van der Waals surface area contributed by atoms with Crippen molar-refractivity contribution in [1.29, 1.82) is 0 Å². The molecule has 2 heterocycles. The van der Waals surface area contributed by atoms with E-state index < -0.39 is 23.4 Å². The molecule has 2 bridgehead atoms. The van der Waals surface area contributed by atoms with Gasteiger partial charge in [0.05, 0.1) is 12.0 Å². The van der Waals surface area contributed by atoms with E-state index in [0.717, 1.165) is 0 Å². The van der Waals surface area contributed by atoms with Crippen molar-refractivity contribution in [3.05, 3.63) is 0 Å². The number of alkyl halides is 2. The van der Waals surface area contributed by atoms with Crippen molar-refractivity contribution < 1.29 is 23.4 Å². The second-order valence-corrected chi connectivity index (χ2v) is 4.24. The largest absolute Gasteiger partial charge is 0.481 e. The smallest absolute Gasteiger partial charge is 0.311 e. The zero-order chi connectivity index (χ0) is 10.4. The lowest BCUT2D eigenvalue weighted by atomic mass is 9.66. The lowest BCUT2D eigenvalue weighted by molar-refractivity contribution is -0.238. The molecular formula is C9H12F2O3. The molecule has 0 atom stereocenters. The number of carbonyl (C=O) groups is 1. The van der Waals surface area contributed by atoms with Crippen molar-refractivity contribution in [2.45, 2.75) is 37.7 Å². The summed E-state index contributed by atoms with van der Waals surface area (Å²) in [5.41, 5.74) is -2.24. The Morgan fingerprint density at radius 2 is 1.86 bits per heavy atom. The number of carboxylic acids is 1. The topological polar surface area (TPSA) is 46.5 Å². The molecule has 3 nitrogen and oxygen atoms in total. The molecule has 1 saturated carbocycles. The molecule has 0 amide bonds. The van der Waals surface area contributed by atoms with Gasteiger partial charge in [0.15, 0.2) is 0 Å². The first kappa shape index (κ1) is 9.83. The SMILES string of the molecule is O=C(O)C12CCC(C(F)F)(CC1)OC2. The molecule has 0 aromatic heterocycles. The molecule has 1 N–H and O–H groups in total. The normalized spacial score (nSPS) is 41.6. The van der Waals surface area contributed by atoms with Gasteiger partial charge in [0.2, 0.25) is 0 Å². The molecule has 5 heteroatoms. The fraction of sp³-hybridized carbons (Fsp3) is 0.889.